The van der Waals surface area contributed by atoms with Gasteiger partial charge in [0.25, 0.3) is 28.9 Å². The van der Waals surface area contributed by atoms with Crippen molar-refractivity contribution in [3.8, 4) is 17.2 Å². The van der Waals surface area contributed by atoms with Crippen molar-refractivity contribution in [3.63, 3.8) is 0 Å². The van der Waals surface area contributed by atoms with Crippen molar-refractivity contribution in [3.05, 3.63) is 252 Å². The quantitative estimate of drug-likeness (QED) is 0.0245. The average molecular weight is 1720 g/mol. The van der Waals surface area contributed by atoms with Crippen LogP contribution >= 0.6 is 43.5 Å². The van der Waals surface area contributed by atoms with Crippen LogP contribution in [0.5, 0.6) is 17.2 Å². The van der Waals surface area contributed by atoms with Crippen molar-refractivity contribution in [1.29, 1.82) is 0 Å². The summed E-state index contributed by atoms with van der Waals surface area (Å²) < 4.78 is 5.41. The van der Waals surface area contributed by atoms with Gasteiger partial charge in [0, 0.05) is 223 Å². The summed E-state index contributed by atoms with van der Waals surface area (Å²) in [5.41, 5.74) is 5.02. The number of rotatable bonds is 22. The van der Waals surface area contributed by atoms with Gasteiger partial charge in [-0.3, -0.25) is 58.5 Å². The van der Waals surface area contributed by atoms with E-state index in [0.29, 0.717) is 78.0 Å². The van der Waals surface area contributed by atoms with E-state index in [4.69, 9.17) is 36.8 Å². The molecule has 0 radical (unpaired) electrons. The van der Waals surface area contributed by atoms with Crippen LogP contribution in [0, 0.1) is 0 Å². The molecule has 0 atom stereocenters. The molecule has 11 rings (SSSR count). The highest BCUT2D eigenvalue weighted by Crippen LogP contribution is 2.19. The van der Waals surface area contributed by atoms with Crippen molar-refractivity contribution in [2.75, 3.05) is 179 Å². The van der Waals surface area contributed by atoms with E-state index in [1.165, 1.54) is 4.90 Å². The van der Waals surface area contributed by atoms with Crippen molar-refractivity contribution < 1.29 is 59.0 Å². The number of carbonyl (C=O) groups excluding carboxylic acids is 6. The molecule has 5 aromatic carbocycles. The Labute approximate surface area is 694 Å². The Morgan fingerprint density at radius 2 is 0.746 bits per heavy atom. The summed E-state index contributed by atoms with van der Waals surface area (Å²) in [7, 11) is 9.03. The predicted octanol–water partition coefficient (Wildman–Crippen LogP) is 10.0. The number of aromatic hydroxyl groups is 3. The van der Waals surface area contributed by atoms with E-state index in [2.05, 4.69) is 77.0 Å². The lowest BCUT2D eigenvalue weighted by Crippen LogP contribution is -2.51. The van der Waals surface area contributed by atoms with Crippen LogP contribution in [0.15, 0.2) is 207 Å². The van der Waals surface area contributed by atoms with E-state index < -0.39 is 10.8 Å². The predicted molar refractivity (Wildman–Crippen MR) is 457 cm³/mol. The fraction of sp³-hybridized carbons (Fsp3) is 0.400. The Bertz CT molecular complexity index is 3940. The zero-order valence-electron chi connectivity index (χ0n) is 66.9. The van der Waals surface area contributed by atoms with Gasteiger partial charge in [0.05, 0.1) is 30.3 Å². The second-order valence-corrected chi connectivity index (χ2v) is 28.7. The van der Waals surface area contributed by atoms with Crippen LogP contribution in [0.3, 0.4) is 0 Å². The van der Waals surface area contributed by atoms with Crippen LogP contribution in [-0.2, 0) is 21.9 Å². The summed E-state index contributed by atoms with van der Waals surface area (Å²) in [4.78, 5) is 101. The number of aliphatic hydroxyl groups is 2. The monoisotopic (exact) mass is 1720 g/mol. The highest BCUT2D eigenvalue weighted by Gasteiger charge is 2.27. The van der Waals surface area contributed by atoms with Gasteiger partial charge in [-0.25, -0.2) is 4.79 Å². The molecule has 29 heteroatoms. The third-order valence-corrected chi connectivity index (χ3v) is 18.7. The first kappa shape index (κ1) is 97.1. The largest absolute Gasteiger partial charge is 0.506 e. The number of pyridine rings is 3. The number of nitrogens with zero attached hydrogens (tertiary/aromatic N) is 12. The van der Waals surface area contributed by atoms with Gasteiger partial charge in [0.2, 0.25) is 0 Å². The summed E-state index contributed by atoms with van der Waals surface area (Å²) >= 11 is 11.5. The minimum absolute atomic E-state index is 0.00489. The van der Waals surface area contributed by atoms with Crippen LogP contribution in [0.4, 0.5) is 4.79 Å². The van der Waals surface area contributed by atoms with Crippen molar-refractivity contribution in [1.82, 2.24) is 69.7 Å². The van der Waals surface area contributed by atoms with E-state index in [1.807, 2.05) is 157 Å². The molecule has 3 saturated heterocycles. The number of aliphatic hydroxyl groups excluding tert-OH is 2. The molecule has 114 heavy (non-hydrogen) atoms. The fourth-order valence-corrected chi connectivity index (χ4v) is 11.7. The van der Waals surface area contributed by atoms with E-state index in [-0.39, 0.29) is 60.2 Å². The van der Waals surface area contributed by atoms with Gasteiger partial charge in [0.15, 0.2) is 0 Å². The molecule has 0 aliphatic carbocycles. The van der Waals surface area contributed by atoms with Gasteiger partial charge < -0.3 is 65.4 Å². The standard InChI is InChI=1S/C20H26N4O2.C19H29N3O3.C14H21N3O.C10H13NO2.C7H5ClO.2C6H6BrNO.C3H9NO/c1-22(20(26)17-6-3-2-4-7-17)10-11-23-12-14-24(15-13-23)16-18-19(25)8-5-9-21-18;1-19(2,3)25-18(24)22-14-12-21(13-15-22)11-10-20(4)17(23)16-8-6-5-7-9-16;1-16(11-12-17-9-7-15-8-10-17)14(18)13-5-3-2-4-6-13;1-11(7-8-12)10(13)9-5-3-2-4-6-9;8-7(9)6-4-2-1-3-5-6;2*7-4-5-6(9)2-1-3-8-5;1-4-2-3-5/h2-9,25H,10-16H2,1H3;5-9H,10-15H2,1-4H3;2-6,15H,7-12H2,1H3;2-6,12H,7-8H2,1H3;1-5H;2*1-3,9H,4H2;4-5H,2-3H2,1H3. The normalized spacial score (nSPS) is 13.3. The number of benzene rings is 5. The lowest BCUT2D eigenvalue weighted by molar-refractivity contribution is 0.0140. The molecule has 3 fully saturated rings. The number of halogens is 3. The molecule has 3 aliphatic rings. The van der Waals surface area contributed by atoms with Crippen LogP contribution in [0.2, 0.25) is 0 Å². The van der Waals surface area contributed by atoms with Crippen LogP contribution < -0.4 is 10.6 Å². The summed E-state index contributed by atoms with van der Waals surface area (Å²) in [6.45, 7) is 23.4. The number of piperazine rings is 3. The van der Waals surface area contributed by atoms with Crippen molar-refractivity contribution in [2.24, 2.45) is 0 Å². The van der Waals surface area contributed by atoms with Gasteiger partial charge >= 0.3 is 6.09 Å². The van der Waals surface area contributed by atoms with Crippen LogP contribution in [0.1, 0.15) is 89.6 Å². The number of hydrogen-bond acceptors (Lipinski definition) is 21. The number of alkyl halides is 2. The number of ether oxygens (including phenoxy) is 1. The summed E-state index contributed by atoms with van der Waals surface area (Å²) in [6, 6.07) is 56.0. The first-order valence-electron chi connectivity index (χ1n) is 37.7. The molecule has 0 unspecified atom stereocenters. The van der Waals surface area contributed by atoms with Crippen molar-refractivity contribution in [2.45, 2.75) is 43.6 Å². The van der Waals surface area contributed by atoms with E-state index in [9.17, 15) is 33.9 Å². The molecule has 0 spiro atoms. The highest BCUT2D eigenvalue weighted by molar-refractivity contribution is 9.08. The molecule has 8 aromatic rings. The number of likely N-dealkylation sites (N-methyl/N-ethyl adjacent to an activating group) is 5. The van der Waals surface area contributed by atoms with Crippen LogP contribution in [-0.4, -0.2) is 304 Å². The van der Waals surface area contributed by atoms with Gasteiger partial charge in [-0.05, 0) is 124 Å². The van der Waals surface area contributed by atoms with Gasteiger partial charge in [-0.2, -0.15) is 0 Å². The first-order chi connectivity index (χ1) is 54.8. The van der Waals surface area contributed by atoms with E-state index >= 15 is 0 Å². The number of amides is 5. The van der Waals surface area contributed by atoms with Gasteiger partial charge in [-0.15, -0.1) is 0 Å². The molecule has 6 heterocycles. The maximum Gasteiger partial charge on any atom is 0.410 e. The topological polar surface area (TPSA) is 305 Å². The van der Waals surface area contributed by atoms with Gasteiger partial charge in [0.1, 0.15) is 22.8 Å². The molecule has 3 aromatic heterocycles. The molecule has 0 saturated carbocycles. The minimum Gasteiger partial charge on any atom is -0.506 e. The maximum atomic E-state index is 12.4. The number of hydrogen-bond donors (Lipinski definition) is 7. The summed E-state index contributed by atoms with van der Waals surface area (Å²) in [5.74, 6) is 0.892. The lowest BCUT2D eigenvalue weighted by atomic mass is 10.2. The Hall–Kier alpha value is -9.30. The van der Waals surface area contributed by atoms with Gasteiger partial charge in [-0.1, -0.05) is 135 Å². The molecular weight excluding hydrogens is 1600 g/mol. The Morgan fingerprint density at radius 3 is 1.02 bits per heavy atom. The Kier molecular flexibility index (Phi) is 47.7. The molecule has 7 N–H and O–H groups in total. The summed E-state index contributed by atoms with van der Waals surface area (Å²) in [6.07, 6.45) is 4.76. The SMILES string of the molecule is CN(CCN1CCN(C(=O)OC(C)(C)C)CC1)C(=O)c1ccccc1.CN(CCN1CCN(Cc2ncccc2O)CC1)C(=O)c1ccccc1.CN(CCN1CCNCC1)C(=O)c1ccccc1.CN(CCO)C(=O)c1ccccc1.CNCCO.O=C(Cl)c1ccccc1.Oc1cccnc1CBr.Oc1cccnc1CBr. The molecule has 0 bridgehead atoms. The third kappa shape index (κ3) is 39.2. The van der Waals surface area contributed by atoms with Crippen LogP contribution in [0.25, 0.3) is 0 Å². The maximum absolute atomic E-state index is 12.4. The summed E-state index contributed by atoms with van der Waals surface area (Å²) in [5, 5.41) is 51.4. The zero-order chi connectivity index (χ0) is 83.5. The average Bonchev–Trinajstić information content (AvgIpc) is 0.864. The highest BCUT2D eigenvalue weighted by atomic mass is 79.9. The fourth-order valence-electron chi connectivity index (χ4n) is 10.7. The first-order valence-corrected chi connectivity index (χ1v) is 40.4. The lowest BCUT2D eigenvalue weighted by Gasteiger charge is -2.36. The number of carbonyl (C=O) groups is 6. The number of aromatic nitrogens is 3. The third-order valence-electron chi connectivity index (χ3n) is 17.4. The second-order valence-electron chi connectivity index (χ2n) is 27.3. The zero-order valence-corrected chi connectivity index (χ0v) is 70.8. The minimum atomic E-state index is -0.464. The van der Waals surface area contributed by atoms with E-state index in [1.54, 1.807) is 125 Å². The second kappa shape index (κ2) is 56.0. The van der Waals surface area contributed by atoms with E-state index in [0.717, 1.165) is 115 Å². The number of nitrogens with one attached hydrogen (secondary N) is 2. The molecule has 26 nitrogen and oxygen atoms in total. The Balaban J connectivity index is 0.000000288. The van der Waals surface area contributed by atoms with Crippen molar-refractivity contribution >= 4 is 78.4 Å². The smallest absolute Gasteiger partial charge is 0.410 e. The molecule has 3 aliphatic heterocycles. The molecule has 618 valence electrons. The molecule has 5 amide bonds. The molecular formula is C85H115Br2ClN14O12. The Morgan fingerprint density at radius 1 is 0.439 bits per heavy atom.